The minimum atomic E-state index is -0.423. The van der Waals surface area contributed by atoms with Crippen LogP contribution < -0.4 is 4.74 Å². The van der Waals surface area contributed by atoms with Crippen molar-refractivity contribution < 1.29 is 18.7 Å². The molecule has 0 N–H and O–H groups in total. The standard InChI is InChI=1S/C17H14O4/c1-19-15-8-12(17(18)20-2)9-16-13(15)10-14(21-16)11-6-4-3-5-7-11/h3-10H,1-2H3. The van der Waals surface area contributed by atoms with E-state index >= 15 is 0 Å². The second kappa shape index (κ2) is 5.32. The van der Waals surface area contributed by atoms with Crippen LogP contribution in [-0.4, -0.2) is 20.2 Å². The third-order valence-electron chi connectivity index (χ3n) is 3.30. The monoisotopic (exact) mass is 282 g/mol. The van der Waals surface area contributed by atoms with Gasteiger partial charge in [0.25, 0.3) is 0 Å². The molecule has 1 heterocycles. The summed E-state index contributed by atoms with van der Waals surface area (Å²) in [7, 11) is 2.90. The average molecular weight is 282 g/mol. The van der Waals surface area contributed by atoms with Crippen molar-refractivity contribution in [3.63, 3.8) is 0 Å². The second-order valence-electron chi connectivity index (χ2n) is 4.56. The van der Waals surface area contributed by atoms with Crippen LogP contribution in [0.4, 0.5) is 0 Å². The van der Waals surface area contributed by atoms with E-state index in [-0.39, 0.29) is 0 Å². The maximum atomic E-state index is 11.7. The first-order valence-corrected chi connectivity index (χ1v) is 6.48. The molecular formula is C17H14O4. The Bertz CT molecular complexity index is 787. The molecule has 0 radical (unpaired) electrons. The van der Waals surface area contributed by atoms with Crippen LogP contribution in [0.1, 0.15) is 10.4 Å². The number of furan rings is 1. The molecule has 1 aromatic heterocycles. The Labute approximate surface area is 121 Å². The summed E-state index contributed by atoms with van der Waals surface area (Å²) in [4.78, 5) is 11.7. The highest BCUT2D eigenvalue weighted by Gasteiger charge is 2.15. The van der Waals surface area contributed by atoms with E-state index in [9.17, 15) is 4.79 Å². The minimum absolute atomic E-state index is 0.399. The Morgan fingerprint density at radius 2 is 1.81 bits per heavy atom. The number of carbonyl (C=O) groups is 1. The largest absolute Gasteiger partial charge is 0.496 e. The summed E-state index contributed by atoms with van der Waals surface area (Å²) in [6.07, 6.45) is 0. The molecule has 0 spiro atoms. The molecule has 106 valence electrons. The van der Waals surface area contributed by atoms with Crippen LogP contribution in [0.5, 0.6) is 5.75 Å². The van der Waals surface area contributed by atoms with Crippen molar-refractivity contribution in [2.45, 2.75) is 0 Å². The van der Waals surface area contributed by atoms with Gasteiger partial charge in [0.05, 0.1) is 25.2 Å². The van der Waals surface area contributed by atoms with Crippen LogP contribution in [0.25, 0.3) is 22.3 Å². The summed E-state index contributed by atoms with van der Waals surface area (Å²) >= 11 is 0. The van der Waals surface area contributed by atoms with Gasteiger partial charge in [0.2, 0.25) is 0 Å². The highest BCUT2D eigenvalue weighted by atomic mass is 16.5. The van der Waals surface area contributed by atoms with E-state index in [0.29, 0.717) is 16.9 Å². The number of hydrogen-bond acceptors (Lipinski definition) is 4. The Morgan fingerprint density at radius 3 is 2.48 bits per heavy atom. The van der Waals surface area contributed by atoms with Crippen LogP contribution in [-0.2, 0) is 4.74 Å². The van der Waals surface area contributed by atoms with Crippen molar-refractivity contribution in [1.82, 2.24) is 0 Å². The molecule has 0 unspecified atom stereocenters. The first kappa shape index (κ1) is 13.2. The van der Waals surface area contributed by atoms with Gasteiger partial charge in [-0.15, -0.1) is 0 Å². The van der Waals surface area contributed by atoms with Crippen LogP contribution in [0.15, 0.2) is 52.9 Å². The summed E-state index contributed by atoms with van der Waals surface area (Å²) in [5, 5.41) is 0.823. The van der Waals surface area contributed by atoms with Gasteiger partial charge in [-0.1, -0.05) is 30.3 Å². The molecule has 3 rings (SSSR count). The lowest BCUT2D eigenvalue weighted by molar-refractivity contribution is 0.0600. The van der Waals surface area contributed by atoms with Crippen LogP contribution in [0.2, 0.25) is 0 Å². The van der Waals surface area contributed by atoms with Gasteiger partial charge in [-0.05, 0) is 18.2 Å². The first-order valence-electron chi connectivity index (χ1n) is 6.48. The zero-order chi connectivity index (χ0) is 14.8. The van der Waals surface area contributed by atoms with Gasteiger partial charge in [-0.25, -0.2) is 4.79 Å². The number of ether oxygens (including phenoxy) is 2. The van der Waals surface area contributed by atoms with Crippen molar-refractivity contribution >= 4 is 16.9 Å². The fourth-order valence-electron chi connectivity index (χ4n) is 2.26. The summed E-state index contributed by atoms with van der Waals surface area (Å²) in [6, 6.07) is 15.0. The zero-order valence-electron chi connectivity index (χ0n) is 11.8. The topological polar surface area (TPSA) is 48.7 Å². The molecule has 0 amide bonds. The van der Waals surface area contributed by atoms with Gasteiger partial charge in [0.15, 0.2) is 0 Å². The number of benzene rings is 2. The molecule has 0 saturated carbocycles. The third-order valence-corrected chi connectivity index (χ3v) is 3.30. The van der Waals surface area contributed by atoms with E-state index in [1.54, 1.807) is 19.2 Å². The van der Waals surface area contributed by atoms with E-state index in [4.69, 9.17) is 13.9 Å². The van der Waals surface area contributed by atoms with Crippen LogP contribution >= 0.6 is 0 Å². The Balaban J connectivity index is 2.18. The smallest absolute Gasteiger partial charge is 0.338 e. The Hall–Kier alpha value is -2.75. The Morgan fingerprint density at radius 1 is 1.05 bits per heavy atom. The van der Waals surface area contributed by atoms with Crippen molar-refractivity contribution in [1.29, 1.82) is 0 Å². The quantitative estimate of drug-likeness (QED) is 0.684. The lowest BCUT2D eigenvalue weighted by Gasteiger charge is -2.04. The van der Waals surface area contributed by atoms with Crippen molar-refractivity contribution in [2.24, 2.45) is 0 Å². The summed E-state index contributed by atoms with van der Waals surface area (Å²) < 4.78 is 15.9. The minimum Gasteiger partial charge on any atom is -0.496 e. The fourth-order valence-corrected chi connectivity index (χ4v) is 2.26. The third kappa shape index (κ3) is 2.36. The highest BCUT2D eigenvalue weighted by Crippen LogP contribution is 2.34. The SMILES string of the molecule is COC(=O)c1cc(OC)c2cc(-c3ccccc3)oc2c1. The number of esters is 1. The molecule has 0 aliphatic heterocycles. The highest BCUT2D eigenvalue weighted by molar-refractivity contribution is 5.97. The van der Waals surface area contributed by atoms with Gasteiger partial charge in [-0.3, -0.25) is 0 Å². The molecule has 3 aromatic rings. The molecule has 0 aliphatic rings. The molecule has 0 saturated heterocycles. The number of hydrogen-bond donors (Lipinski definition) is 0. The number of methoxy groups -OCH3 is 2. The fraction of sp³-hybridized carbons (Fsp3) is 0.118. The lowest BCUT2D eigenvalue weighted by Crippen LogP contribution is -2.01. The lowest BCUT2D eigenvalue weighted by atomic mass is 10.1. The predicted molar refractivity (Wildman–Crippen MR) is 79.5 cm³/mol. The van der Waals surface area contributed by atoms with E-state index in [0.717, 1.165) is 16.7 Å². The predicted octanol–water partition coefficient (Wildman–Crippen LogP) is 3.90. The molecule has 21 heavy (non-hydrogen) atoms. The van der Waals surface area contributed by atoms with Gasteiger partial charge in [-0.2, -0.15) is 0 Å². The molecular weight excluding hydrogens is 268 g/mol. The molecule has 2 aromatic carbocycles. The van der Waals surface area contributed by atoms with Crippen molar-refractivity contribution in [3.05, 3.63) is 54.1 Å². The van der Waals surface area contributed by atoms with E-state index in [2.05, 4.69) is 0 Å². The summed E-state index contributed by atoms with van der Waals surface area (Å²) in [6.45, 7) is 0. The molecule has 0 atom stereocenters. The van der Waals surface area contributed by atoms with Crippen molar-refractivity contribution in [3.8, 4) is 17.1 Å². The zero-order valence-corrected chi connectivity index (χ0v) is 11.8. The first-order chi connectivity index (χ1) is 10.2. The van der Waals surface area contributed by atoms with Crippen LogP contribution in [0, 0.1) is 0 Å². The van der Waals surface area contributed by atoms with Gasteiger partial charge in [0.1, 0.15) is 17.1 Å². The number of fused-ring (bicyclic) bond motifs is 1. The molecule has 4 nitrogen and oxygen atoms in total. The summed E-state index contributed by atoms with van der Waals surface area (Å²) in [5.41, 5.74) is 1.96. The van der Waals surface area contributed by atoms with Crippen LogP contribution in [0.3, 0.4) is 0 Å². The number of rotatable bonds is 3. The second-order valence-corrected chi connectivity index (χ2v) is 4.56. The van der Waals surface area contributed by atoms with E-state index in [1.165, 1.54) is 7.11 Å². The normalized spacial score (nSPS) is 10.6. The van der Waals surface area contributed by atoms with Gasteiger partial charge >= 0.3 is 5.97 Å². The van der Waals surface area contributed by atoms with E-state index in [1.807, 2.05) is 36.4 Å². The molecule has 0 fully saturated rings. The molecule has 0 bridgehead atoms. The maximum Gasteiger partial charge on any atom is 0.338 e. The van der Waals surface area contributed by atoms with E-state index < -0.39 is 5.97 Å². The van der Waals surface area contributed by atoms with Crippen molar-refractivity contribution in [2.75, 3.05) is 14.2 Å². The Kier molecular flexibility index (Phi) is 3.36. The number of carbonyl (C=O) groups excluding carboxylic acids is 1. The molecule has 4 heteroatoms. The molecule has 0 aliphatic carbocycles. The van der Waals surface area contributed by atoms with Gasteiger partial charge < -0.3 is 13.9 Å². The average Bonchev–Trinajstić information content (AvgIpc) is 2.98. The summed E-state index contributed by atoms with van der Waals surface area (Å²) in [5.74, 6) is 0.887. The van der Waals surface area contributed by atoms with Gasteiger partial charge in [0, 0.05) is 5.56 Å². The maximum absolute atomic E-state index is 11.7.